The van der Waals surface area contributed by atoms with Gasteiger partial charge in [-0.15, -0.1) is 0 Å². The molecule has 1 amide bonds. The van der Waals surface area contributed by atoms with Crippen LogP contribution < -0.4 is 0 Å². The van der Waals surface area contributed by atoms with Crippen LogP contribution in [0.1, 0.15) is 43.5 Å². The third-order valence-corrected chi connectivity index (χ3v) is 4.63. The van der Waals surface area contributed by atoms with Crippen LogP contribution in [-0.4, -0.2) is 39.6 Å². The van der Waals surface area contributed by atoms with E-state index in [2.05, 4.69) is 36.1 Å². The number of aryl methyl sites for hydroxylation is 1. The van der Waals surface area contributed by atoms with Crippen LogP contribution in [0.3, 0.4) is 0 Å². The van der Waals surface area contributed by atoms with Gasteiger partial charge < -0.3 is 14.2 Å². The molecule has 0 bridgehead atoms. The number of amides is 1. The summed E-state index contributed by atoms with van der Waals surface area (Å²) in [7, 11) is 0. The Morgan fingerprint density at radius 3 is 2.75 bits per heavy atom. The minimum atomic E-state index is 0.00432. The molecule has 1 aliphatic rings. The highest BCUT2D eigenvalue weighted by atomic mass is 16.5. The van der Waals surface area contributed by atoms with Gasteiger partial charge in [0.05, 0.1) is 0 Å². The maximum Gasteiger partial charge on any atom is 0.252 e. The van der Waals surface area contributed by atoms with Gasteiger partial charge in [-0.05, 0) is 32.8 Å². The number of aromatic nitrogens is 2. The van der Waals surface area contributed by atoms with E-state index in [-0.39, 0.29) is 31.2 Å². The standard InChI is InChI=1S/C18H23N3O3/c1-12-9-16(15-7-5-4-6-8-15)13(2)21(12)18(22)11-23-10-17-19-14(3)20-24-17/h4-8,12-13,16H,9-11H2,1-3H3. The van der Waals surface area contributed by atoms with Crippen LogP contribution in [-0.2, 0) is 16.1 Å². The van der Waals surface area contributed by atoms with Crippen LogP contribution in [0.4, 0.5) is 0 Å². The third kappa shape index (κ3) is 3.48. The summed E-state index contributed by atoms with van der Waals surface area (Å²) in [6.45, 7) is 6.14. The molecule has 24 heavy (non-hydrogen) atoms. The highest BCUT2D eigenvalue weighted by Crippen LogP contribution is 2.37. The quantitative estimate of drug-likeness (QED) is 0.843. The Balaban J connectivity index is 1.58. The number of carbonyl (C=O) groups is 1. The molecule has 1 saturated heterocycles. The SMILES string of the molecule is Cc1noc(COCC(=O)N2C(C)CC(c3ccccc3)C2C)n1. The van der Waals surface area contributed by atoms with E-state index in [1.54, 1.807) is 6.92 Å². The molecule has 3 rings (SSSR count). The monoisotopic (exact) mass is 329 g/mol. The molecule has 128 valence electrons. The summed E-state index contributed by atoms with van der Waals surface area (Å²) < 4.78 is 10.4. The lowest BCUT2D eigenvalue weighted by Gasteiger charge is -2.27. The molecule has 6 nitrogen and oxygen atoms in total. The lowest BCUT2D eigenvalue weighted by atomic mass is 9.92. The number of benzene rings is 1. The van der Waals surface area contributed by atoms with Gasteiger partial charge in [-0.1, -0.05) is 35.5 Å². The fourth-order valence-electron chi connectivity index (χ4n) is 3.56. The first-order chi connectivity index (χ1) is 11.6. The Morgan fingerprint density at radius 2 is 2.08 bits per heavy atom. The van der Waals surface area contributed by atoms with Crippen molar-refractivity contribution in [3.8, 4) is 0 Å². The number of likely N-dealkylation sites (tertiary alicyclic amines) is 1. The molecule has 0 aliphatic carbocycles. The minimum Gasteiger partial charge on any atom is -0.362 e. The summed E-state index contributed by atoms with van der Waals surface area (Å²) in [4.78, 5) is 18.6. The normalized spacial score (nSPS) is 23.6. The van der Waals surface area contributed by atoms with Gasteiger partial charge in [-0.25, -0.2) is 0 Å². The third-order valence-electron chi connectivity index (χ3n) is 4.63. The predicted molar refractivity (Wildman–Crippen MR) is 88.3 cm³/mol. The van der Waals surface area contributed by atoms with E-state index >= 15 is 0 Å². The van der Waals surface area contributed by atoms with E-state index in [1.807, 2.05) is 23.1 Å². The second-order valence-corrected chi connectivity index (χ2v) is 6.37. The van der Waals surface area contributed by atoms with Crippen molar-refractivity contribution in [3.05, 3.63) is 47.6 Å². The van der Waals surface area contributed by atoms with Crippen LogP contribution in [0.5, 0.6) is 0 Å². The second-order valence-electron chi connectivity index (χ2n) is 6.37. The number of carbonyl (C=O) groups excluding carboxylic acids is 1. The van der Waals surface area contributed by atoms with Crippen molar-refractivity contribution in [3.63, 3.8) is 0 Å². The molecule has 0 N–H and O–H groups in total. The fraction of sp³-hybridized carbons (Fsp3) is 0.500. The number of rotatable bonds is 5. The van der Waals surface area contributed by atoms with Gasteiger partial charge in [-0.2, -0.15) is 4.98 Å². The first-order valence-electron chi connectivity index (χ1n) is 8.29. The molecule has 0 radical (unpaired) electrons. The van der Waals surface area contributed by atoms with E-state index in [1.165, 1.54) is 5.56 Å². The van der Waals surface area contributed by atoms with Gasteiger partial charge in [0.25, 0.3) is 5.89 Å². The molecule has 3 unspecified atom stereocenters. The summed E-state index contributed by atoms with van der Waals surface area (Å²) in [5, 5.41) is 3.70. The number of hydrogen-bond acceptors (Lipinski definition) is 5. The van der Waals surface area contributed by atoms with E-state index in [0.717, 1.165) is 6.42 Å². The summed E-state index contributed by atoms with van der Waals surface area (Å²) in [6, 6.07) is 10.7. The van der Waals surface area contributed by atoms with Gasteiger partial charge in [0.1, 0.15) is 13.2 Å². The Morgan fingerprint density at radius 1 is 1.33 bits per heavy atom. The zero-order valence-corrected chi connectivity index (χ0v) is 14.3. The molecule has 0 saturated carbocycles. The second kappa shape index (κ2) is 7.13. The van der Waals surface area contributed by atoms with Gasteiger partial charge in [-0.3, -0.25) is 4.79 Å². The topological polar surface area (TPSA) is 68.5 Å². The lowest BCUT2D eigenvalue weighted by Crippen LogP contribution is -2.41. The van der Waals surface area contributed by atoms with Crippen LogP contribution in [0.25, 0.3) is 0 Å². The molecular formula is C18H23N3O3. The van der Waals surface area contributed by atoms with Crippen molar-refractivity contribution in [2.24, 2.45) is 0 Å². The highest BCUT2D eigenvalue weighted by Gasteiger charge is 2.39. The van der Waals surface area contributed by atoms with Gasteiger partial charge >= 0.3 is 0 Å². The van der Waals surface area contributed by atoms with Crippen LogP contribution >= 0.6 is 0 Å². The minimum absolute atomic E-state index is 0.00432. The van der Waals surface area contributed by atoms with Crippen molar-refractivity contribution >= 4 is 5.91 Å². The van der Waals surface area contributed by atoms with Gasteiger partial charge in [0, 0.05) is 18.0 Å². The molecule has 1 fully saturated rings. The largest absolute Gasteiger partial charge is 0.362 e. The summed E-state index contributed by atoms with van der Waals surface area (Å²) in [5.74, 6) is 1.32. The maximum absolute atomic E-state index is 12.6. The summed E-state index contributed by atoms with van der Waals surface area (Å²) in [5.41, 5.74) is 1.29. The Hall–Kier alpha value is -2.21. The molecule has 6 heteroatoms. The van der Waals surface area contributed by atoms with Crippen molar-refractivity contribution in [1.82, 2.24) is 15.0 Å². The van der Waals surface area contributed by atoms with E-state index in [0.29, 0.717) is 17.6 Å². The summed E-state index contributed by atoms with van der Waals surface area (Å²) in [6.07, 6.45) is 0.972. The van der Waals surface area contributed by atoms with Crippen LogP contribution in [0.2, 0.25) is 0 Å². The highest BCUT2D eigenvalue weighted by molar-refractivity contribution is 5.78. The maximum atomic E-state index is 12.6. The van der Waals surface area contributed by atoms with Gasteiger partial charge in [0.2, 0.25) is 5.91 Å². The number of ether oxygens (including phenoxy) is 1. The Labute approximate surface area is 141 Å². The lowest BCUT2D eigenvalue weighted by molar-refractivity contribution is -0.139. The molecule has 3 atom stereocenters. The molecule has 0 spiro atoms. The molecular weight excluding hydrogens is 306 g/mol. The zero-order chi connectivity index (χ0) is 17.1. The van der Waals surface area contributed by atoms with Crippen molar-refractivity contribution < 1.29 is 14.1 Å². The van der Waals surface area contributed by atoms with E-state index < -0.39 is 0 Å². The number of hydrogen-bond donors (Lipinski definition) is 0. The molecule has 1 aliphatic heterocycles. The number of nitrogens with zero attached hydrogens (tertiary/aromatic N) is 3. The molecule has 2 heterocycles. The zero-order valence-electron chi connectivity index (χ0n) is 14.3. The molecule has 1 aromatic carbocycles. The first-order valence-corrected chi connectivity index (χ1v) is 8.29. The molecule has 1 aromatic heterocycles. The van der Waals surface area contributed by atoms with Crippen molar-refractivity contribution in [2.75, 3.05) is 6.61 Å². The average molecular weight is 329 g/mol. The van der Waals surface area contributed by atoms with Crippen LogP contribution in [0, 0.1) is 6.92 Å². The van der Waals surface area contributed by atoms with Crippen molar-refractivity contribution in [2.45, 2.75) is 51.8 Å². The fourth-order valence-corrected chi connectivity index (χ4v) is 3.56. The molecule has 2 aromatic rings. The Bertz CT molecular complexity index is 686. The average Bonchev–Trinajstić information content (AvgIpc) is 3.11. The first kappa shape index (κ1) is 16.6. The summed E-state index contributed by atoms with van der Waals surface area (Å²) >= 11 is 0. The smallest absolute Gasteiger partial charge is 0.252 e. The predicted octanol–water partition coefficient (Wildman–Crippen LogP) is 2.69. The van der Waals surface area contributed by atoms with E-state index in [4.69, 9.17) is 9.26 Å². The van der Waals surface area contributed by atoms with Gasteiger partial charge in [0.15, 0.2) is 5.82 Å². The van der Waals surface area contributed by atoms with Crippen LogP contribution in [0.15, 0.2) is 34.9 Å². The van der Waals surface area contributed by atoms with Crippen molar-refractivity contribution in [1.29, 1.82) is 0 Å². The van der Waals surface area contributed by atoms with E-state index in [9.17, 15) is 4.79 Å². The Kier molecular flexibility index (Phi) is 4.94.